The van der Waals surface area contributed by atoms with Crippen molar-refractivity contribution in [3.8, 4) is 0 Å². The molecule has 3 rings (SSSR count). The number of carbonyl (C=O) groups is 2. The first-order chi connectivity index (χ1) is 12.0. The minimum atomic E-state index is -0.407. The van der Waals surface area contributed by atoms with E-state index < -0.39 is 5.82 Å². The Labute approximate surface area is 155 Å². The van der Waals surface area contributed by atoms with Crippen molar-refractivity contribution in [2.75, 3.05) is 6.54 Å². The van der Waals surface area contributed by atoms with E-state index in [0.29, 0.717) is 17.1 Å². The second kappa shape index (κ2) is 8.02. The number of hydrogen-bond donors (Lipinski definition) is 0. The number of halogens is 2. The maximum Gasteiger partial charge on any atom is 0.260 e. The molecule has 2 aromatic carbocycles. The lowest BCUT2D eigenvalue weighted by molar-refractivity contribution is -0.127. The highest BCUT2D eigenvalue weighted by Crippen LogP contribution is 2.31. The molecule has 1 fully saturated rings. The third-order valence-electron chi connectivity index (χ3n) is 4.07. The molecule has 0 unspecified atom stereocenters. The molecule has 6 heteroatoms. The molecule has 2 amide bonds. The van der Waals surface area contributed by atoms with E-state index in [2.05, 4.69) is 0 Å². The Morgan fingerprint density at radius 2 is 1.76 bits per heavy atom. The summed E-state index contributed by atoms with van der Waals surface area (Å²) in [7, 11) is 0. The summed E-state index contributed by atoms with van der Waals surface area (Å²) >= 11 is 7.35. The molecular weight excluding hydrogens is 361 g/mol. The van der Waals surface area contributed by atoms with E-state index in [1.165, 1.54) is 40.9 Å². The highest BCUT2D eigenvalue weighted by atomic mass is 35.5. The topological polar surface area (TPSA) is 37.4 Å². The van der Waals surface area contributed by atoms with Gasteiger partial charge in [0.25, 0.3) is 5.91 Å². The molecule has 0 bridgehead atoms. The molecule has 0 saturated carbocycles. The molecule has 130 valence electrons. The highest BCUT2D eigenvalue weighted by molar-refractivity contribution is 8.00. The molecule has 2 aromatic rings. The van der Waals surface area contributed by atoms with Gasteiger partial charge in [-0.25, -0.2) is 4.39 Å². The summed E-state index contributed by atoms with van der Waals surface area (Å²) in [6.45, 7) is 0.396. The molecular formula is C19H17ClFNO2S. The van der Waals surface area contributed by atoms with Crippen LogP contribution in [0.5, 0.6) is 0 Å². The summed E-state index contributed by atoms with van der Waals surface area (Å²) in [5.74, 6) is -0.963. The number of nitrogens with zero attached hydrogens (tertiary/aromatic N) is 1. The van der Waals surface area contributed by atoms with Crippen LogP contribution in [0.2, 0.25) is 5.02 Å². The first-order valence-electron chi connectivity index (χ1n) is 8.08. The molecule has 0 N–H and O–H groups in total. The number of imide groups is 1. The standard InChI is InChI=1S/C19H17ClFNO2S/c20-14-6-10-16(11-7-14)25-17-3-1-2-12-22(19(17)24)18(23)13-4-8-15(21)9-5-13/h4-11,17H,1-3,12H2/t17-/m0/s1. The number of likely N-dealkylation sites (tertiary alicyclic amines) is 1. The molecule has 0 aliphatic carbocycles. The van der Waals surface area contributed by atoms with Crippen LogP contribution in [0.3, 0.4) is 0 Å². The average Bonchev–Trinajstić information content (AvgIpc) is 2.79. The molecule has 0 radical (unpaired) electrons. The van der Waals surface area contributed by atoms with Crippen molar-refractivity contribution in [1.82, 2.24) is 4.90 Å². The minimum absolute atomic E-state index is 0.188. The van der Waals surface area contributed by atoms with Crippen molar-refractivity contribution in [3.63, 3.8) is 0 Å². The van der Waals surface area contributed by atoms with Crippen LogP contribution < -0.4 is 0 Å². The van der Waals surface area contributed by atoms with Gasteiger partial charge in [0.05, 0.1) is 5.25 Å². The van der Waals surface area contributed by atoms with E-state index in [-0.39, 0.29) is 17.1 Å². The smallest absolute Gasteiger partial charge is 0.260 e. The van der Waals surface area contributed by atoms with Gasteiger partial charge in [-0.3, -0.25) is 14.5 Å². The zero-order valence-corrected chi connectivity index (χ0v) is 15.0. The molecule has 1 heterocycles. The van der Waals surface area contributed by atoms with Gasteiger partial charge in [0, 0.05) is 22.0 Å². The van der Waals surface area contributed by atoms with Gasteiger partial charge in [-0.1, -0.05) is 18.0 Å². The summed E-state index contributed by atoms with van der Waals surface area (Å²) < 4.78 is 13.1. The monoisotopic (exact) mass is 377 g/mol. The molecule has 0 aromatic heterocycles. The lowest BCUT2D eigenvalue weighted by Gasteiger charge is -2.22. The molecule has 25 heavy (non-hydrogen) atoms. The normalized spacial score (nSPS) is 18.1. The fourth-order valence-corrected chi connectivity index (χ4v) is 4.00. The summed E-state index contributed by atoms with van der Waals surface area (Å²) in [5, 5.41) is 0.331. The summed E-state index contributed by atoms with van der Waals surface area (Å²) in [6, 6.07) is 12.6. The zero-order chi connectivity index (χ0) is 17.8. The second-order valence-corrected chi connectivity index (χ2v) is 7.57. The Morgan fingerprint density at radius 3 is 2.44 bits per heavy atom. The Bertz CT molecular complexity index is 764. The van der Waals surface area contributed by atoms with Gasteiger partial charge in [0.2, 0.25) is 5.91 Å². The van der Waals surface area contributed by atoms with Crippen LogP contribution in [0.1, 0.15) is 29.6 Å². The molecule has 1 atom stereocenters. The Kier molecular flexibility index (Phi) is 5.76. The number of carbonyl (C=O) groups excluding carboxylic acids is 2. The molecule has 0 spiro atoms. The van der Waals surface area contributed by atoms with Crippen molar-refractivity contribution in [2.24, 2.45) is 0 Å². The van der Waals surface area contributed by atoms with Crippen molar-refractivity contribution in [1.29, 1.82) is 0 Å². The van der Waals surface area contributed by atoms with E-state index in [1.807, 2.05) is 12.1 Å². The average molecular weight is 378 g/mol. The fourth-order valence-electron chi connectivity index (χ4n) is 2.74. The Balaban J connectivity index is 1.77. The van der Waals surface area contributed by atoms with E-state index in [0.717, 1.165) is 24.2 Å². The summed E-state index contributed by atoms with van der Waals surface area (Å²) in [6.07, 6.45) is 2.37. The number of hydrogen-bond acceptors (Lipinski definition) is 3. The SMILES string of the molecule is O=C(c1ccc(F)cc1)N1CCCC[C@H](Sc2ccc(Cl)cc2)C1=O. The molecule has 1 aliphatic heterocycles. The van der Waals surface area contributed by atoms with Crippen LogP contribution in [0.25, 0.3) is 0 Å². The molecule has 3 nitrogen and oxygen atoms in total. The van der Waals surface area contributed by atoms with Crippen LogP contribution in [0.4, 0.5) is 4.39 Å². The third kappa shape index (κ3) is 4.41. The summed E-state index contributed by atoms with van der Waals surface area (Å²) in [4.78, 5) is 27.8. The van der Waals surface area contributed by atoms with Crippen LogP contribution >= 0.6 is 23.4 Å². The zero-order valence-electron chi connectivity index (χ0n) is 13.5. The maximum atomic E-state index is 13.1. The minimum Gasteiger partial charge on any atom is -0.278 e. The quantitative estimate of drug-likeness (QED) is 0.721. The van der Waals surface area contributed by atoms with Crippen molar-refractivity contribution in [3.05, 3.63) is 64.9 Å². The van der Waals surface area contributed by atoms with Crippen LogP contribution in [0, 0.1) is 5.82 Å². The second-order valence-electron chi connectivity index (χ2n) is 5.86. The van der Waals surface area contributed by atoms with Crippen molar-refractivity contribution in [2.45, 2.75) is 29.4 Å². The Morgan fingerprint density at radius 1 is 1.08 bits per heavy atom. The number of benzene rings is 2. The van der Waals surface area contributed by atoms with E-state index in [4.69, 9.17) is 11.6 Å². The predicted molar refractivity (Wildman–Crippen MR) is 97.4 cm³/mol. The van der Waals surface area contributed by atoms with Crippen LogP contribution in [-0.4, -0.2) is 28.5 Å². The predicted octanol–water partition coefficient (Wildman–Crippen LogP) is 4.79. The van der Waals surface area contributed by atoms with E-state index in [1.54, 1.807) is 12.1 Å². The van der Waals surface area contributed by atoms with Crippen molar-refractivity contribution < 1.29 is 14.0 Å². The molecule has 1 saturated heterocycles. The fraction of sp³-hybridized carbons (Fsp3) is 0.263. The van der Waals surface area contributed by atoms with Crippen LogP contribution in [0.15, 0.2) is 53.4 Å². The lowest BCUT2D eigenvalue weighted by Crippen LogP contribution is -2.41. The number of thioether (sulfide) groups is 1. The van der Waals surface area contributed by atoms with Gasteiger partial charge in [-0.05, 0) is 61.4 Å². The van der Waals surface area contributed by atoms with Gasteiger partial charge < -0.3 is 0 Å². The van der Waals surface area contributed by atoms with Crippen molar-refractivity contribution >= 4 is 35.2 Å². The van der Waals surface area contributed by atoms with Gasteiger partial charge in [0.15, 0.2) is 0 Å². The van der Waals surface area contributed by atoms with Gasteiger partial charge in [-0.2, -0.15) is 0 Å². The van der Waals surface area contributed by atoms with Gasteiger partial charge in [0.1, 0.15) is 5.82 Å². The van der Waals surface area contributed by atoms with E-state index in [9.17, 15) is 14.0 Å². The third-order valence-corrected chi connectivity index (χ3v) is 5.59. The van der Waals surface area contributed by atoms with Gasteiger partial charge in [-0.15, -0.1) is 11.8 Å². The first kappa shape index (κ1) is 18.0. The van der Waals surface area contributed by atoms with Crippen LogP contribution in [-0.2, 0) is 4.79 Å². The van der Waals surface area contributed by atoms with E-state index >= 15 is 0 Å². The van der Waals surface area contributed by atoms with Gasteiger partial charge >= 0.3 is 0 Å². The first-order valence-corrected chi connectivity index (χ1v) is 9.34. The Hall–Kier alpha value is -1.85. The molecule has 1 aliphatic rings. The largest absolute Gasteiger partial charge is 0.278 e. The lowest BCUT2D eigenvalue weighted by atomic mass is 10.2. The summed E-state index contributed by atoms with van der Waals surface area (Å²) in [5.41, 5.74) is 0.326. The highest BCUT2D eigenvalue weighted by Gasteiger charge is 2.32. The number of amides is 2. The number of rotatable bonds is 3. The maximum absolute atomic E-state index is 13.1.